The molecule has 15 heavy (non-hydrogen) atoms. The zero-order chi connectivity index (χ0) is 11.1. The fourth-order valence-corrected chi connectivity index (χ4v) is 1.22. The Morgan fingerprint density at radius 2 is 2.53 bits per heavy atom. The molecule has 0 heterocycles. The molecule has 4 heteroatoms. The van der Waals surface area contributed by atoms with Gasteiger partial charge in [-0.1, -0.05) is 12.2 Å². The second kappa shape index (κ2) is 5.99. The van der Waals surface area contributed by atoms with Crippen molar-refractivity contribution in [3.05, 3.63) is 23.8 Å². The molecule has 0 N–H and O–H groups in total. The number of hydrogen-bond donors (Lipinski definition) is 0. The van der Waals surface area contributed by atoms with Gasteiger partial charge in [-0.05, 0) is 13.0 Å². The van der Waals surface area contributed by atoms with Crippen LogP contribution in [0, 0.1) is 11.3 Å². The van der Waals surface area contributed by atoms with Gasteiger partial charge < -0.3 is 9.47 Å². The Bertz CT molecular complexity index is 325. The molecule has 0 fully saturated rings. The summed E-state index contributed by atoms with van der Waals surface area (Å²) in [7, 11) is 0. The van der Waals surface area contributed by atoms with Gasteiger partial charge in [0.2, 0.25) is 0 Å². The van der Waals surface area contributed by atoms with Gasteiger partial charge >= 0.3 is 5.97 Å². The van der Waals surface area contributed by atoms with Crippen LogP contribution in [-0.2, 0) is 14.3 Å². The van der Waals surface area contributed by atoms with Crippen LogP contribution in [-0.4, -0.2) is 25.3 Å². The average Bonchev–Trinajstić information content (AvgIpc) is 2.27. The molecule has 0 aromatic carbocycles. The molecule has 0 aliphatic heterocycles. The highest BCUT2D eigenvalue weighted by Crippen LogP contribution is 2.14. The zero-order valence-electron chi connectivity index (χ0n) is 8.60. The number of nitriles is 1. The van der Waals surface area contributed by atoms with Crippen molar-refractivity contribution in [1.82, 2.24) is 0 Å². The Morgan fingerprint density at radius 1 is 1.73 bits per heavy atom. The molecule has 1 aliphatic rings. The molecule has 0 bridgehead atoms. The SMILES string of the molecule is CCOC(=O)COC1C=CC=C(C#N)C1. The molecule has 0 radical (unpaired) electrons. The van der Waals surface area contributed by atoms with E-state index in [2.05, 4.69) is 6.07 Å². The standard InChI is InChI=1S/C11H13NO3/c1-2-14-11(13)8-15-10-5-3-4-9(6-10)7-12/h3-5,10H,2,6,8H2,1H3. The van der Waals surface area contributed by atoms with Crippen molar-refractivity contribution in [3.8, 4) is 6.07 Å². The van der Waals surface area contributed by atoms with Gasteiger partial charge in [-0.15, -0.1) is 0 Å². The summed E-state index contributed by atoms with van der Waals surface area (Å²) in [4.78, 5) is 11.0. The number of carbonyl (C=O) groups excluding carboxylic acids is 1. The van der Waals surface area contributed by atoms with E-state index in [1.807, 2.05) is 6.08 Å². The predicted molar refractivity (Wildman–Crippen MR) is 53.8 cm³/mol. The molecule has 1 rings (SSSR count). The van der Waals surface area contributed by atoms with Crippen LogP contribution in [0.5, 0.6) is 0 Å². The van der Waals surface area contributed by atoms with Crippen molar-refractivity contribution in [1.29, 1.82) is 5.26 Å². The Hall–Kier alpha value is -1.60. The van der Waals surface area contributed by atoms with Gasteiger partial charge in [0.1, 0.15) is 6.61 Å². The minimum atomic E-state index is -0.376. The minimum absolute atomic E-state index is 0.0679. The van der Waals surface area contributed by atoms with Crippen LogP contribution in [0.25, 0.3) is 0 Å². The van der Waals surface area contributed by atoms with E-state index in [-0.39, 0.29) is 18.7 Å². The lowest BCUT2D eigenvalue weighted by atomic mass is 10.0. The highest BCUT2D eigenvalue weighted by molar-refractivity contribution is 5.70. The summed E-state index contributed by atoms with van der Waals surface area (Å²) in [6.45, 7) is 2.03. The summed E-state index contributed by atoms with van der Waals surface area (Å²) in [5.41, 5.74) is 0.659. The van der Waals surface area contributed by atoms with E-state index in [0.717, 1.165) is 0 Å². The monoisotopic (exact) mass is 207 g/mol. The first-order valence-corrected chi connectivity index (χ1v) is 4.81. The zero-order valence-corrected chi connectivity index (χ0v) is 8.60. The number of ether oxygens (including phenoxy) is 2. The van der Waals surface area contributed by atoms with Gasteiger partial charge in [0, 0.05) is 12.0 Å². The van der Waals surface area contributed by atoms with E-state index < -0.39 is 0 Å². The van der Waals surface area contributed by atoms with E-state index >= 15 is 0 Å². The molecular formula is C11H13NO3. The molecule has 1 atom stereocenters. The van der Waals surface area contributed by atoms with Gasteiger partial charge in [0.25, 0.3) is 0 Å². The molecular weight excluding hydrogens is 194 g/mol. The third-order valence-corrected chi connectivity index (χ3v) is 1.91. The van der Waals surface area contributed by atoms with Crippen LogP contribution in [0.15, 0.2) is 23.8 Å². The van der Waals surface area contributed by atoms with Gasteiger partial charge in [-0.25, -0.2) is 4.79 Å². The molecule has 0 aromatic heterocycles. The maximum Gasteiger partial charge on any atom is 0.332 e. The summed E-state index contributed by atoms with van der Waals surface area (Å²) in [5, 5.41) is 8.67. The molecule has 0 saturated carbocycles. The van der Waals surface area contributed by atoms with E-state index in [4.69, 9.17) is 14.7 Å². The second-order valence-corrected chi connectivity index (χ2v) is 3.05. The van der Waals surface area contributed by atoms with E-state index in [0.29, 0.717) is 18.6 Å². The fourth-order valence-electron chi connectivity index (χ4n) is 1.22. The summed E-state index contributed by atoms with van der Waals surface area (Å²) >= 11 is 0. The third-order valence-electron chi connectivity index (χ3n) is 1.91. The van der Waals surface area contributed by atoms with Gasteiger partial charge in [-0.3, -0.25) is 0 Å². The van der Waals surface area contributed by atoms with Crippen molar-refractivity contribution in [2.24, 2.45) is 0 Å². The Morgan fingerprint density at radius 3 is 3.20 bits per heavy atom. The average molecular weight is 207 g/mol. The second-order valence-electron chi connectivity index (χ2n) is 3.05. The number of nitrogens with zero attached hydrogens (tertiary/aromatic N) is 1. The minimum Gasteiger partial charge on any atom is -0.464 e. The largest absolute Gasteiger partial charge is 0.464 e. The normalized spacial score (nSPS) is 19.2. The predicted octanol–water partition coefficient (Wildman–Crippen LogP) is 1.34. The highest BCUT2D eigenvalue weighted by atomic mass is 16.6. The first kappa shape index (κ1) is 11.5. The molecule has 0 amide bonds. The molecule has 0 saturated heterocycles. The quantitative estimate of drug-likeness (QED) is 0.653. The maximum atomic E-state index is 11.0. The van der Waals surface area contributed by atoms with Crippen molar-refractivity contribution in [2.45, 2.75) is 19.4 Å². The Kier molecular flexibility index (Phi) is 4.58. The summed E-state index contributed by atoms with van der Waals surface area (Å²) in [6.07, 6.45) is 5.64. The first-order chi connectivity index (χ1) is 7.26. The lowest BCUT2D eigenvalue weighted by Gasteiger charge is -2.15. The lowest BCUT2D eigenvalue weighted by molar-refractivity contribution is -0.149. The molecule has 0 spiro atoms. The van der Waals surface area contributed by atoms with Crippen molar-refractivity contribution >= 4 is 5.97 Å². The van der Waals surface area contributed by atoms with Crippen LogP contribution >= 0.6 is 0 Å². The molecule has 4 nitrogen and oxygen atoms in total. The summed E-state index contributed by atoms with van der Waals surface area (Å²) in [6, 6.07) is 2.06. The fraction of sp³-hybridized carbons (Fsp3) is 0.455. The number of allylic oxidation sites excluding steroid dienone is 2. The number of rotatable bonds is 4. The Labute approximate surface area is 88.8 Å². The van der Waals surface area contributed by atoms with Crippen molar-refractivity contribution < 1.29 is 14.3 Å². The molecule has 80 valence electrons. The van der Waals surface area contributed by atoms with E-state index in [9.17, 15) is 4.79 Å². The van der Waals surface area contributed by atoms with Crippen LogP contribution in [0.3, 0.4) is 0 Å². The molecule has 1 aliphatic carbocycles. The molecule has 0 aromatic rings. The number of carbonyl (C=O) groups is 1. The third kappa shape index (κ3) is 3.96. The summed E-state index contributed by atoms with van der Waals surface area (Å²) < 4.78 is 9.99. The van der Waals surface area contributed by atoms with Gasteiger partial charge in [-0.2, -0.15) is 5.26 Å². The first-order valence-electron chi connectivity index (χ1n) is 4.81. The van der Waals surface area contributed by atoms with Gasteiger partial charge in [0.05, 0.1) is 18.8 Å². The van der Waals surface area contributed by atoms with Crippen LogP contribution in [0.4, 0.5) is 0 Å². The maximum absolute atomic E-state index is 11.0. The van der Waals surface area contributed by atoms with Crippen LogP contribution < -0.4 is 0 Å². The Balaban J connectivity index is 2.30. The van der Waals surface area contributed by atoms with Crippen molar-refractivity contribution in [2.75, 3.05) is 13.2 Å². The van der Waals surface area contributed by atoms with Crippen molar-refractivity contribution in [3.63, 3.8) is 0 Å². The van der Waals surface area contributed by atoms with Crippen LogP contribution in [0.1, 0.15) is 13.3 Å². The van der Waals surface area contributed by atoms with E-state index in [1.54, 1.807) is 19.1 Å². The topological polar surface area (TPSA) is 59.3 Å². The van der Waals surface area contributed by atoms with E-state index in [1.165, 1.54) is 0 Å². The number of esters is 1. The lowest BCUT2D eigenvalue weighted by Crippen LogP contribution is -2.20. The smallest absolute Gasteiger partial charge is 0.332 e. The van der Waals surface area contributed by atoms with Gasteiger partial charge in [0.15, 0.2) is 0 Å². The number of hydrogen-bond acceptors (Lipinski definition) is 4. The molecule has 1 unspecified atom stereocenters. The summed E-state index contributed by atoms with van der Waals surface area (Å²) in [5.74, 6) is -0.376. The van der Waals surface area contributed by atoms with Crippen LogP contribution in [0.2, 0.25) is 0 Å². The highest BCUT2D eigenvalue weighted by Gasteiger charge is 2.13.